The summed E-state index contributed by atoms with van der Waals surface area (Å²) >= 11 is 0. The lowest BCUT2D eigenvalue weighted by molar-refractivity contribution is -0.121. The zero-order chi connectivity index (χ0) is 21.7. The van der Waals surface area contributed by atoms with Crippen LogP contribution in [0.5, 0.6) is 5.75 Å². The molecule has 3 aromatic rings. The number of hydrogen-bond donors (Lipinski definition) is 1. The number of pyridine rings is 1. The third-order valence-corrected chi connectivity index (χ3v) is 6.42. The summed E-state index contributed by atoms with van der Waals surface area (Å²) in [5, 5.41) is 0. The van der Waals surface area contributed by atoms with Crippen molar-refractivity contribution in [2.45, 2.75) is 23.9 Å². The predicted molar refractivity (Wildman–Crippen MR) is 117 cm³/mol. The van der Waals surface area contributed by atoms with Crippen LogP contribution in [0.3, 0.4) is 0 Å². The van der Waals surface area contributed by atoms with Crippen molar-refractivity contribution in [1.29, 1.82) is 0 Å². The fourth-order valence-electron chi connectivity index (χ4n) is 3.01. The summed E-state index contributed by atoms with van der Waals surface area (Å²) in [6.45, 7) is -0.115. The van der Waals surface area contributed by atoms with Crippen LogP contribution in [0.1, 0.15) is 11.4 Å². The highest BCUT2D eigenvalue weighted by Gasteiger charge is 2.36. The molecule has 0 saturated heterocycles. The molecule has 0 bridgehead atoms. The van der Waals surface area contributed by atoms with Crippen molar-refractivity contribution in [2.24, 2.45) is 12.8 Å². The average molecular weight is 466 g/mol. The van der Waals surface area contributed by atoms with E-state index in [9.17, 15) is 13.2 Å². The van der Waals surface area contributed by atoms with E-state index in [0.29, 0.717) is 17.1 Å². The minimum Gasteiger partial charge on any atom is -0.497 e. The van der Waals surface area contributed by atoms with Gasteiger partial charge in [-0.1, -0.05) is 6.07 Å². The molecule has 2 N–H and O–H groups in total. The van der Waals surface area contributed by atoms with Crippen molar-refractivity contribution in [2.75, 3.05) is 7.11 Å². The number of nitrogens with two attached hydrogens (primary N) is 1. The molecule has 2 aromatic heterocycles. The zero-order valence-electron chi connectivity index (χ0n) is 17.1. The van der Waals surface area contributed by atoms with E-state index < -0.39 is 22.0 Å². The first-order valence-corrected chi connectivity index (χ1v) is 10.6. The summed E-state index contributed by atoms with van der Waals surface area (Å²) in [5.41, 5.74) is 6.69. The second-order valence-electron chi connectivity index (χ2n) is 6.70. The van der Waals surface area contributed by atoms with E-state index >= 15 is 0 Å². The van der Waals surface area contributed by atoms with Gasteiger partial charge in [-0.15, -0.1) is 12.4 Å². The van der Waals surface area contributed by atoms with Crippen LogP contribution in [0.2, 0.25) is 0 Å². The van der Waals surface area contributed by atoms with Gasteiger partial charge in [0, 0.05) is 25.9 Å². The van der Waals surface area contributed by atoms with E-state index in [0.717, 1.165) is 4.31 Å². The molecule has 9 nitrogen and oxygen atoms in total. The number of aryl methyl sites for hydroxylation is 1. The number of halogens is 1. The number of aromatic nitrogens is 3. The molecule has 2 heterocycles. The number of methoxy groups -OCH3 is 1. The molecule has 0 aliphatic rings. The Morgan fingerprint density at radius 2 is 1.87 bits per heavy atom. The number of ether oxygens (including phenoxy) is 1. The van der Waals surface area contributed by atoms with Crippen molar-refractivity contribution >= 4 is 28.3 Å². The molecule has 166 valence electrons. The number of primary amides is 1. The number of nitrogens with zero attached hydrogens (tertiary/aromatic N) is 4. The fourth-order valence-corrected chi connectivity index (χ4v) is 4.58. The molecule has 0 saturated carbocycles. The molecule has 0 aliphatic carbocycles. The Kier molecular flexibility index (Phi) is 8.14. The highest BCUT2D eigenvalue weighted by Crippen LogP contribution is 2.24. The van der Waals surface area contributed by atoms with Crippen LogP contribution in [-0.4, -0.2) is 46.3 Å². The van der Waals surface area contributed by atoms with Gasteiger partial charge in [0.25, 0.3) is 0 Å². The summed E-state index contributed by atoms with van der Waals surface area (Å²) in [6, 6.07) is 9.97. The third kappa shape index (κ3) is 5.81. The lowest BCUT2D eigenvalue weighted by Gasteiger charge is -2.28. The maximum Gasteiger partial charge on any atom is 0.244 e. The highest BCUT2D eigenvalue weighted by atomic mass is 35.5. The van der Waals surface area contributed by atoms with E-state index in [2.05, 4.69) is 9.97 Å². The smallest absolute Gasteiger partial charge is 0.244 e. The molecule has 1 aromatic carbocycles. The second-order valence-corrected chi connectivity index (χ2v) is 8.59. The SMILES string of the molecule is COc1ccc(S(=O)(=O)N(Cc2ccccn2)C(Cc2cn(C)cn2)C(N)=O)cc1.Cl. The first-order chi connectivity index (χ1) is 14.3. The number of hydrogen-bond acceptors (Lipinski definition) is 6. The molecule has 1 amide bonds. The Labute approximate surface area is 187 Å². The lowest BCUT2D eigenvalue weighted by atomic mass is 10.1. The number of sulfonamides is 1. The minimum atomic E-state index is -4.08. The summed E-state index contributed by atoms with van der Waals surface area (Å²) in [6.07, 6.45) is 4.90. The number of carbonyl (C=O) groups excluding carboxylic acids is 1. The number of imidazole rings is 1. The second kappa shape index (κ2) is 10.4. The van der Waals surface area contributed by atoms with Gasteiger partial charge in [-0.2, -0.15) is 4.31 Å². The molecular weight excluding hydrogens is 442 g/mol. The fraction of sp³-hybridized carbons (Fsp3) is 0.250. The van der Waals surface area contributed by atoms with Crippen molar-refractivity contribution < 1.29 is 17.9 Å². The van der Waals surface area contributed by atoms with Gasteiger partial charge in [0.15, 0.2) is 0 Å². The van der Waals surface area contributed by atoms with Crippen molar-refractivity contribution in [3.8, 4) is 5.75 Å². The van der Waals surface area contributed by atoms with E-state index in [1.807, 2.05) is 0 Å². The molecule has 0 aliphatic heterocycles. The number of rotatable bonds is 9. The van der Waals surface area contributed by atoms with Gasteiger partial charge in [-0.25, -0.2) is 13.4 Å². The van der Waals surface area contributed by atoms with Crippen LogP contribution in [-0.2, 0) is 34.8 Å². The Hall–Kier alpha value is -2.95. The first kappa shape index (κ1) is 24.3. The van der Waals surface area contributed by atoms with E-state index in [1.165, 1.54) is 19.2 Å². The average Bonchev–Trinajstić information content (AvgIpc) is 3.16. The maximum atomic E-state index is 13.5. The molecular formula is C20H24ClN5O4S. The molecule has 0 fully saturated rings. The van der Waals surface area contributed by atoms with Crippen LogP contribution in [0.25, 0.3) is 0 Å². The Morgan fingerprint density at radius 3 is 2.39 bits per heavy atom. The highest BCUT2D eigenvalue weighted by molar-refractivity contribution is 7.89. The molecule has 0 radical (unpaired) electrons. The van der Waals surface area contributed by atoms with Crippen molar-refractivity contribution in [3.05, 3.63) is 72.6 Å². The standard InChI is InChI=1S/C20H23N5O4S.ClH/c1-24-12-16(23-14-24)11-19(20(21)26)25(13-15-5-3-4-10-22-15)30(27,28)18-8-6-17(29-2)7-9-18;/h3-10,12,14,19H,11,13H2,1-2H3,(H2,21,26);1H. The van der Waals surface area contributed by atoms with Gasteiger partial charge >= 0.3 is 0 Å². The number of carbonyl (C=O) groups is 1. The maximum absolute atomic E-state index is 13.5. The van der Waals surface area contributed by atoms with Crippen LogP contribution in [0, 0.1) is 0 Å². The summed E-state index contributed by atoms with van der Waals surface area (Å²) in [5.74, 6) is -0.251. The predicted octanol–water partition coefficient (Wildman–Crippen LogP) is 1.53. The molecule has 0 spiro atoms. The summed E-state index contributed by atoms with van der Waals surface area (Å²) < 4.78 is 34.9. The van der Waals surface area contributed by atoms with Crippen LogP contribution < -0.4 is 10.5 Å². The number of benzene rings is 1. The normalized spacial score (nSPS) is 12.2. The third-order valence-electron chi connectivity index (χ3n) is 4.55. The largest absolute Gasteiger partial charge is 0.497 e. The van der Waals surface area contributed by atoms with E-state index in [4.69, 9.17) is 10.5 Å². The minimum absolute atomic E-state index is 0. The Bertz CT molecular complexity index is 1100. The van der Waals surface area contributed by atoms with Gasteiger partial charge in [0.05, 0.1) is 36.3 Å². The Morgan fingerprint density at radius 1 is 1.16 bits per heavy atom. The van der Waals surface area contributed by atoms with Crippen LogP contribution in [0.4, 0.5) is 0 Å². The molecule has 31 heavy (non-hydrogen) atoms. The van der Waals surface area contributed by atoms with E-state index in [1.54, 1.807) is 60.7 Å². The lowest BCUT2D eigenvalue weighted by Crippen LogP contribution is -2.48. The van der Waals surface area contributed by atoms with Gasteiger partial charge < -0.3 is 15.0 Å². The summed E-state index contributed by atoms with van der Waals surface area (Å²) in [4.78, 5) is 20.8. The van der Waals surface area contributed by atoms with E-state index in [-0.39, 0.29) is 30.3 Å². The summed E-state index contributed by atoms with van der Waals surface area (Å²) in [7, 11) is -0.799. The molecule has 3 rings (SSSR count). The zero-order valence-corrected chi connectivity index (χ0v) is 18.7. The first-order valence-electron chi connectivity index (χ1n) is 9.13. The van der Waals surface area contributed by atoms with Gasteiger partial charge in [0.2, 0.25) is 15.9 Å². The van der Waals surface area contributed by atoms with Crippen molar-refractivity contribution in [1.82, 2.24) is 18.8 Å². The Balaban J connectivity index is 0.00000341. The van der Waals surface area contributed by atoms with Crippen LogP contribution in [0.15, 0.2) is 66.1 Å². The number of amides is 1. The van der Waals surface area contributed by atoms with Gasteiger partial charge in [0.1, 0.15) is 11.8 Å². The monoisotopic (exact) mass is 465 g/mol. The van der Waals surface area contributed by atoms with Gasteiger partial charge in [-0.3, -0.25) is 9.78 Å². The molecule has 11 heteroatoms. The van der Waals surface area contributed by atoms with Crippen LogP contribution >= 0.6 is 12.4 Å². The van der Waals surface area contributed by atoms with Crippen molar-refractivity contribution in [3.63, 3.8) is 0 Å². The quantitative estimate of drug-likeness (QED) is 0.511. The molecule has 1 unspecified atom stereocenters. The molecule has 1 atom stereocenters. The van der Waals surface area contributed by atoms with Gasteiger partial charge in [-0.05, 0) is 36.4 Å². The topological polar surface area (TPSA) is 120 Å².